The van der Waals surface area contributed by atoms with E-state index in [1.165, 1.54) is 24.1 Å². The van der Waals surface area contributed by atoms with Crippen molar-refractivity contribution < 1.29 is 0 Å². The summed E-state index contributed by atoms with van der Waals surface area (Å²) < 4.78 is 0. The highest BCUT2D eigenvalue weighted by Crippen LogP contribution is 2.27. The van der Waals surface area contributed by atoms with E-state index >= 15 is 0 Å². The van der Waals surface area contributed by atoms with Crippen LogP contribution in [-0.4, -0.2) is 10.2 Å². The molecular weight excluding hydrogens is 234 g/mol. The number of para-hydroxylation sites is 1. The number of hydrogen-bond acceptors (Lipinski definition) is 2. The Bertz CT molecular complexity index is 479. The van der Waals surface area contributed by atoms with Gasteiger partial charge in [-0.3, -0.25) is 5.10 Å². The fraction of sp³-hybridized carbons (Fsp3) is 0.308. The fourth-order valence-corrected chi connectivity index (χ4v) is 2.24. The molecule has 1 aromatic carbocycles. The van der Waals surface area contributed by atoms with E-state index in [4.69, 9.17) is 0 Å². The average molecular weight is 250 g/mol. The van der Waals surface area contributed by atoms with Crippen LogP contribution in [0.15, 0.2) is 30.3 Å². The summed E-state index contributed by atoms with van der Waals surface area (Å²) >= 11 is 0. The SMILES string of the molecule is Cl.c1ccc(Nc2n[nH]c3c2CCCC3)cc1. The predicted octanol–water partition coefficient (Wildman–Crippen LogP) is 3.45. The highest BCUT2D eigenvalue weighted by Gasteiger charge is 2.16. The lowest BCUT2D eigenvalue weighted by atomic mass is 9.97. The number of hydrogen-bond donors (Lipinski definition) is 2. The van der Waals surface area contributed by atoms with Crippen molar-refractivity contribution in [2.24, 2.45) is 0 Å². The Balaban J connectivity index is 0.00000108. The first-order chi connectivity index (χ1) is 7.93. The number of aryl methyl sites for hydroxylation is 1. The minimum atomic E-state index is 0. The summed E-state index contributed by atoms with van der Waals surface area (Å²) in [4.78, 5) is 0. The summed E-state index contributed by atoms with van der Waals surface area (Å²) in [6.45, 7) is 0. The topological polar surface area (TPSA) is 40.7 Å². The molecule has 1 aromatic heterocycles. The average Bonchev–Trinajstić information content (AvgIpc) is 2.74. The van der Waals surface area contributed by atoms with Gasteiger partial charge < -0.3 is 5.32 Å². The molecule has 0 unspecified atom stereocenters. The molecule has 1 aliphatic rings. The summed E-state index contributed by atoms with van der Waals surface area (Å²) in [5.41, 5.74) is 3.78. The number of rotatable bonds is 2. The third-order valence-electron chi connectivity index (χ3n) is 3.09. The Kier molecular flexibility index (Phi) is 3.69. The van der Waals surface area contributed by atoms with Crippen LogP contribution in [0.2, 0.25) is 0 Å². The van der Waals surface area contributed by atoms with E-state index in [0.29, 0.717) is 0 Å². The van der Waals surface area contributed by atoms with Gasteiger partial charge in [0.05, 0.1) is 0 Å². The van der Waals surface area contributed by atoms with Crippen LogP contribution in [0.1, 0.15) is 24.1 Å². The Hall–Kier alpha value is -1.48. The normalized spacial score (nSPS) is 13.6. The maximum absolute atomic E-state index is 4.36. The second-order valence-electron chi connectivity index (χ2n) is 4.23. The molecule has 3 nitrogen and oxygen atoms in total. The first-order valence-corrected chi connectivity index (χ1v) is 5.82. The van der Waals surface area contributed by atoms with Gasteiger partial charge in [0.25, 0.3) is 0 Å². The minimum absolute atomic E-state index is 0. The van der Waals surface area contributed by atoms with Crippen LogP contribution in [0.3, 0.4) is 0 Å². The van der Waals surface area contributed by atoms with Crippen LogP contribution in [-0.2, 0) is 12.8 Å². The van der Waals surface area contributed by atoms with Gasteiger partial charge in [0.1, 0.15) is 0 Å². The van der Waals surface area contributed by atoms with Gasteiger partial charge in [-0.2, -0.15) is 5.10 Å². The zero-order valence-corrected chi connectivity index (χ0v) is 10.4. The van der Waals surface area contributed by atoms with Crippen LogP contribution in [0.4, 0.5) is 11.5 Å². The molecule has 17 heavy (non-hydrogen) atoms. The van der Waals surface area contributed by atoms with E-state index < -0.39 is 0 Å². The van der Waals surface area contributed by atoms with Crippen molar-refractivity contribution in [1.82, 2.24) is 10.2 Å². The third kappa shape index (κ3) is 2.44. The molecule has 90 valence electrons. The quantitative estimate of drug-likeness (QED) is 0.856. The second-order valence-corrected chi connectivity index (χ2v) is 4.23. The van der Waals surface area contributed by atoms with Gasteiger partial charge in [0.2, 0.25) is 0 Å². The minimum Gasteiger partial charge on any atom is -0.339 e. The number of aromatic nitrogens is 2. The van der Waals surface area contributed by atoms with Crippen LogP contribution in [0.25, 0.3) is 0 Å². The van der Waals surface area contributed by atoms with Crippen LogP contribution < -0.4 is 5.32 Å². The van der Waals surface area contributed by atoms with E-state index in [9.17, 15) is 0 Å². The molecule has 0 amide bonds. The molecule has 0 bridgehead atoms. The second kappa shape index (κ2) is 5.23. The van der Waals surface area contributed by atoms with Crippen molar-refractivity contribution in [3.63, 3.8) is 0 Å². The maximum Gasteiger partial charge on any atom is 0.155 e. The molecule has 0 saturated carbocycles. The number of nitrogens with zero attached hydrogens (tertiary/aromatic N) is 1. The Morgan fingerprint density at radius 1 is 1.06 bits per heavy atom. The molecule has 1 heterocycles. The van der Waals surface area contributed by atoms with Gasteiger partial charge in [0.15, 0.2) is 5.82 Å². The molecule has 4 heteroatoms. The number of halogens is 1. The zero-order valence-electron chi connectivity index (χ0n) is 9.57. The van der Waals surface area contributed by atoms with Crippen molar-refractivity contribution in [1.29, 1.82) is 0 Å². The third-order valence-corrected chi connectivity index (χ3v) is 3.09. The van der Waals surface area contributed by atoms with Gasteiger partial charge in [-0.15, -0.1) is 12.4 Å². The molecule has 0 aliphatic heterocycles. The standard InChI is InChI=1S/C13H15N3.ClH/c1-2-6-10(7-3-1)14-13-11-8-4-5-9-12(11)15-16-13;/h1-3,6-7H,4-5,8-9H2,(H2,14,15,16);1H. The monoisotopic (exact) mass is 249 g/mol. The van der Waals surface area contributed by atoms with Gasteiger partial charge >= 0.3 is 0 Å². The molecule has 0 fully saturated rings. The summed E-state index contributed by atoms with van der Waals surface area (Å²) in [5.74, 6) is 1.00. The lowest BCUT2D eigenvalue weighted by Crippen LogP contribution is -2.02. The molecule has 3 rings (SSSR count). The molecule has 0 saturated heterocycles. The smallest absolute Gasteiger partial charge is 0.155 e. The summed E-state index contributed by atoms with van der Waals surface area (Å²) in [7, 11) is 0. The van der Waals surface area contributed by atoms with E-state index in [2.05, 4.69) is 27.6 Å². The van der Waals surface area contributed by atoms with Gasteiger partial charge in [-0.25, -0.2) is 0 Å². The first kappa shape index (κ1) is 12.0. The van der Waals surface area contributed by atoms with Crippen molar-refractivity contribution in [2.75, 3.05) is 5.32 Å². The molecule has 2 N–H and O–H groups in total. The lowest BCUT2D eigenvalue weighted by molar-refractivity contribution is 0.675. The molecule has 2 aromatic rings. The highest BCUT2D eigenvalue weighted by atomic mass is 35.5. The largest absolute Gasteiger partial charge is 0.339 e. The number of H-pyrrole nitrogens is 1. The maximum atomic E-state index is 4.36. The van der Waals surface area contributed by atoms with Crippen molar-refractivity contribution >= 4 is 23.9 Å². The van der Waals surface area contributed by atoms with Gasteiger partial charge in [0, 0.05) is 16.9 Å². The van der Waals surface area contributed by atoms with E-state index in [1.54, 1.807) is 0 Å². The fourth-order valence-electron chi connectivity index (χ4n) is 2.24. The molecular formula is C13H16ClN3. The molecule has 0 spiro atoms. The number of nitrogens with one attached hydrogen (secondary N) is 2. The molecule has 1 aliphatic carbocycles. The summed E-state index contributed by atoms with van der Waals surface area (Å²) in [6.07, 6.45) is 4.83. The summed E-state index contributed by atoms with van der Waals surface area (Å²) in [6, 6.07) is 10.2. The predicted molar refractivity (Wildman–Crippen MR) is 72.2 cm³/mol. The zero-order chi connectivity index (χ0) is 10.8. The van der Waals surface area contributed by atoms with Gasteiger partial charge in [-0.05, 0) is 37.8 Å². The Morgan fingerprint density at radius 2 is 1.82 bits per heavy atom. The van der Waals surface area contributed by atoms with Gasteiger partial charge in [-0.1, -0.05) is 18.2 Å². The van der Waals surface area contributed by atoms with Crippen LogP contribution >= 0.6 is 12.4 Å². The Labute approximate surface area is 107 Å². The van der Waals surface area contributed by atoms with Crippen LogP contribution in [0.5, 0.6) is 0 Å². The van der Waals surface area contributed by atoms with Crippen molar-refractivity contribution in [3.05, 3.63) is 41.6 Å². The van der Waals surface area contributed by atoms with E-state index in [-0.39, 0.29) is 12.4 Å². The lowest BCUT2D eigenvalue weighted by Gasteiger charge is -2.11. The first-order valence-electron chi connectivity index (χ1n) is 5.82. The Morgan fingerprint density at radius 3 is 2.65 bits per heavy atom. The van der Waals surface area contributed by atoms with E-state index in [1.807, 2.05) is 18.2 Å². The van der Waals surface area contributed by atoms with E-state index in [0.717, 1.165) is 24.3 Å². The van der Waals surface area contributed by atoms with Crippen molar-refractivity contribution in [3.8, 4) is 0 Å². The molecule has 0 atom stereocenters. The van der Waals surface area contributed by atoms with Crippen molar-refractivity contribution in [2.45, 2.75) is 25.7 Å². The number of fused-ring (bicyclic) bond motifs is 1. The van der Waals surface area contributed by atoms with Crippen LogP contribution in [0, 0.1) is 0 Å². The number of anilines is 2. The summed E-state index contributed by atoms with van der Waals surface area (Å²) in [5, 5.41) is 10.9. The number of aromatic amines is 1. The highest BCUT2D eigenvalue weighted by molar-refractivity contribution is 5.85. The molecule has 0 radical (unpaired) electrons. The number of benzene rings is 1.